The zero-order valence-corrected chi connectivity index (χ0v) is 30.1. The summed E-state index contributed by atoms with van der Waals surface area (Å²) in [4.78, 5) is 28.8. The second-order valence-electron chi connectivity index (χ2n) is 12.2. The number of carbonyl (C=O) groups is 2. The Labute approximate surface area is 303 Å². The van der Waals surface area contributed by atoms with Crippen LogP contribution in [0.1, 0.15) is 61.6 Å². The number of ether oxygens (including phenoxy) is 3. The number of hydrogen-bond acceptors (Lipinski definition) is 10. The van der Waals surface area contributed by atoms with Gasteiger partial charge in [0, 0.05) is 33.2 Å². The van der Waals surface area contributed by atoms with Crippen LogP contribution in [0.5, 0.6) is 11.5 Å². The second kappa shape index (κ2) is 16.8. The van der Waals surface area contributed by atoms with Gasteiger partial charge in [-0.2, -0.15) is 0 Å². The number of carboxylic acid groups (broad SMARTS) is 1. The molecule has 10 nitrogen and oxygen atoms in total. The van der Waals surface area contributed by atoms with Crippen molar-refractivity contribution in [3.63, 3.8) is 0 Å². The van der Waals surface area contributed by atoms with Gasteiger partial charge in [0.15, 0.2) is 11.5 Å². The number of aromatic carboxylic acids is 1. The molecular formula is C36H38Cl2FN3O7S. The van der Waals surface area contributed by atoms with Crippen molar-refractivity contribution in [2.24, 2.45) is 5.92 Å². The predicted molar refractivity (Wildman–Crippen MR) is 185 cm³/mol. The fourth-order valence-electron chi connectivity index (χ4n) is 6.12. The van der Waals surface area contributed by atoms with Crippen molar-refractivity contribution in [2.75, 3.05) is 41.0 Å². The number of esters is 1. The lowest BCUT2D eigenvalue weighted by Gasteiger charge is -2.29. The minimum Gasteiger partial charge on any atom is -0.544 e. The smallest absolute Gasteiger partial charge is 0.327 e. The number of methoxy groups -OCH3 is 2. The first-order chi connectivity index (χ1) is 24.0. The summed E-state index contributed by atoms with van der Waals surface area (Å²) in [5.74, 6) is -2.12. The number of halogens is 3. The van der Waals surface area contributed by atoms with Crippen LogP contribution in [0.2, 0.25) is 10.0 Å². The third kappa shape index (κ3) is 8.85. The van der Waals surface area contributed by atoms with Gasteiger partial charge in [-0.1, -0.05) is 47.5 Å². The van der Waals surface area contributed by atoms with E-state index < -0.39 is 29.7 Å². The number of hydrogen-bond donors (Lipinski definition) is 2. The van der Waals surface area contributed by atoms with E-state index in [4.69, 9.17) is 37.4 Å². The summed E-state index contributed by atoms with van der Waals surface area (Å²) < 4.78 is 32.5. The summed E-state index contributed by atoms with van der Waals surface area (Å²) in [6.07, 6.45) is 4.49. The molecule has 5 rings (SSSR count). The summed E-state index contributed by atoms with van der Waals surface area (Å²) >= 11 is 14.0. The summed E-state index contributed by atoms with van der Waals surface area (Å²) in [5, 5.41) is 26.0. The first-order valence-electron chi connectivity index (χ1n) is 16.0. The van der Waals surface area contributed by atoms with Crippen LogP contribution in [0, 0.1) is 11.7 Å². The molecule has 0 saturated carbocycles. The maximum Gasteiger partial charge on any atom is 0.327 e. The van der Waals surface area contributed by atoms with Gasteiger partial charge in [0.2, 0.25) is 12.4 Å². The molecule has 0 radical (unpaired) electrons. The number of carboxylic acids is 1. The molecule has 1 aliphatic rings. The Morgan fingerprint density at radius 1 is 1.06 bits per heavy atom. The number of piperidine rings is 1. The van der Waals surface area contributed by atoms with Gasteiger partial charge in [0.05, 0.1) is 31.7 Å². The maximum absolute atomic E-state index is 15.0. The van der Waals surface area contributed by atoms with Gasteiger partial charge in [-0.05, 0) is 80.7 Å². The normalized spacial score (nSPS) is 15.0. The third-order valence-corrected chi connectivity index (χ3v) is 10.7. The van der Waals surface area contributed by atoms with Crippen LogP contribution in [-0.4, -0.2) is 63.0 Å². The van der Waals surface area contributed by atoms with Gasteiger partial charge in [-0.25, -0.2) is 9.18 Å². The van der Waals surface area contributed by atoms with E-state index in [2.05, 4.69) is 17.3 Å². The highest BCUT2D eigenvalue weighted by Gasteiger charge is 2.29. The van der Waals surface area contributed by atoms with Gasteiger partial charge in [0.1, 0.15) is 21.9 Å². The minimum atomic E-state index is -1.40. The van der Waals surface area contributed by atoms with Crippen LogP contribution in [0.15, 0.2) is 60.9 Å². The molecule has 0 bridgehead atoms. The molecule has 14 heteroatoms. The number of aromatic nitrogens is 1. The highest BCUT2D eigenvalue weighted by atomic mass is 35.5. The van der Waals surface area contributed by atoms with Crippen LogP contribution >= 0.6 is 34.5 Å². The van der Waals surface area contributed by atoms with Gasteiger partial charge in [0.25, 0.3) is 0 Å². The van der Waals surface area contributed by atoms with Gasteiger partial charge < -0.3 is 29.0 Å². The summed E-state index contributed by atoms with van der Waals surface area (Å²) in [5.41, 5.74) is 1.66. The Balaban J connectivity index is 1.48. The molecule has 4 aromatic rings. The topological polar surface area (TPSA) is 124 Å². The molecule has 2 aromatic heterocycles. The average molecular weight is 747 g/mol. The van der Waals surface area contributed by atoms with E-state index >= 15 is 4.39 Å². The summed E-state index contributed by atoms with van der Waals surface area (Å²) in [7, 11) is 5.05. The van der Waals surface area contributed by atoms with Crippen molar-refractivity contribution >= 4 is 46.5 Å². The number of nitrogens with one attached hydrogen (secondary N) is 1. The van der Waals surface area contributed by atoms with E-state index in [0.717, 1.165) is 42.0 Å². The van der Waals surface area contributed by atoms with Crippen LogP contribution in [0.25, 0.3) is 0 Å². The Bertz CT molecular complexity index is 1810. The largest absolute Gasteiger partial charge is 0.544 e. The zero-order chi connectivity index (χ0) is 35.9. The number of carbonyl (C=O) groups excluding carboxylic acids is 2. The maximum atomic E-state index is 15.0. The Morgan fingerprint density at radius 3 is 2.38 bits per heavy atom. The van der Waals surface area contributed by atoms with Crippen LogP contribution in [-0.2, 0) is 22.5 Å². The van der Waals surface area contributed by atoms with E-state index in [0.29, 0.717) is 33.1 Å². The SMILES string of the molecule is COc1ccc([C@H](Cc2c(Cl)c[n+](O)cc2Cl)c2cc(CNC(C(=O)OCC3CCN(C)CC3)c3ccccc3F)sc2C(=O)[O-])cc1OC. The number of nitrogens with zero attached hydrogens (tertiary/aromatic N) is 2. The molecule has 2 atom stereocenters. The van der Waals surface area contributed by atoms with Gasteiger partial charge >= 0.3 is 5.97 Å². The summed E-state index contributed by atoms with van der Waals surface area (Å²) in [6, 6.07) is 11.8. The van der Waals surface area contributed by atoms with E-state index in [1.807, 2.05) is 0 Å². The van der Waals surface area contributed by atoms with Crippen molar-refractivity contribution in [3.8, 4) is 11.5 Å². The summed E-state index contributed by atoms with van der Waals surface area (Å²) in [6.45, 7) is 2.06. The molecule has 0 amide bonds. The fourth-order valence-corrected chi connectivity index (χ4v) is 7.74. The Morgan fingerprint density at radius 2 is 1.74 bits per heavy atom. The molecule has 1 unspecified atom stereocenters. The van der Waals surface area contributed by atoms with Crippen molar-refractivity contribution in [1.82, 2.24) is 10.2 Å². The van der Waals surface area contributed by atoms with Crippen molar-refractivity contribution in [2.45, 2.75) is 37.8 Å². The monoisotopic (exact) mass is 745 g/mol. The molecule has 0 aliphatic carbocycles. The average Bonchev–Trinajstić information content (AvgIpc) is 3.52. The predicted octanol–water partition coefficient (Wildman–Crippen LogP) is 5.19. The zero-order valence-electron chi connectivity index (χ0n) is 27.8. The highest BCUT2D eigenvalue weighted by Crippen LogP contribution is 2.41. The lowest BCUT2D eigenvalue weighted by Crippen LogP contribution is -2.35. The molecule has 3 heterocycles. The molecule has 1 aliphatic heterocycles. The molecule has 50 heavy (non-hydrogen) atoms. The Kier molecular flexibility index (Phi) is 12.6. The lowest BCUT2D eigenvalue weighted by atomic mass is 9.85. The third-order valence-electron chi connectivity index (χ3n) is 8.89. The quantitative estimate of drug-likeness (QED) is 0.102. The molecule has 266 valence electrons. The van der Waals surface area contributed by atoms with E-state index in [1.54, 1.807) is 30.3 Å². The number of likely N-dealkylation sites (tertiary alicyclic amines) is 1. The number of pyridine rings is 1. The Hall–Kier alpha value is -3.94. The first-order valence-corrected chi connectivity index (χ1v) is 17.5. The van der Waals surface area contributed by atoms with E-state index in [9.17, 15) is 19.9 Å². The number of rotatable bonds is 14. The standard InChI is InChI=1S/C36H38Cl2FN3O7S/c1-41-12-10-21(11-13-41)20-49-36(45)33(24-6-4-5-7-30(24)39)40-17-23-15-26(34(50-23)35(43)44)25(16-27-28(37)18-42(46)19-29(27)38)22-8-9-31(47-2)32(14-22)48-3/h4-9,14-15,18-19,21,25,33,40H,10-13,16-17,20H2,1-3H3,(H-,43,44,46)/t25-,33?/m0/s1. The molecular weight excluding hydrogens is 708 g/mol. The van der Waals surface area contributed by atoms with Crippen LogP contribution in [0.3, 0.4) is 0 Å². The number of thiophene rings is 1. The van der Waals surface area contributed by atoms with E-state index in [-0.39, 0.29) is 46.0 Å². The minimum absolute atomic E-state index is 0.0171. The second-order valence-corrected chi connectivity index (χ2v) is 14.1. The number of benzene rings is 2. The van der Waals surface area contributed by atoms with Crippen LogP contribution < -0.4 is 24.6 Å². The van der Waals surface area contributed by atoms with Crippen molar-refractivity contribution in [1.29, 1.82) is 0 Å². The molecule has 1 fully saturated rings. The lowest BCUT2D eigenvalue weighted by molar-refractivity contribution is -0.904. The fraction of sp³-hybridized carbons (Fsp3) is 0.361. The molecule has 0 spiro atoms. The van der Waals surface area contributed by atoms with Gasteiger partial charge in [-0.15, -0.1) is 11.3 Å². The highest BCUT2D eigenvalue weighted by molar-refractivity contribution is 7.14. The van der Waals surface area contributed by atoms with Crippen molar-refractivity contribution < 1.29 is 43.2 Å². The first kappa shape index (κ1) is 37.3. The molecule has 2 aromatic carbocycles. The van der Waals surface area contributed by atoms with Gasteiger partial charge in [-0.3, -0.25) is 10.5 Å². The van der Waals surface area contributed by atoms with E-state index in [1.165, 1.54) is 44.8 Å². The van der Waals surface area contributed by atoms with Crippen molar-refractivity contribution in [3.05, 3.63) is 109 Å². The molecule has 2 N–H and O–H groups in total. The molecule has 1 saturated heterocycles. The van der Waals surface area contributed by atoms with Crippen LogP contribution in [0.4, 0.5) is 4.39 Å².